The molecule has 0 radical (unpaired) electrons. The molecular weight excluding hydrogens is 486 g/mol. The van der Waals surface area contributed by atoms with Gasteiger partial charge in [-0.15, -0.1) is 0 Å². The zero-order chi connectivity index (χ0) is 24.8. The van der Waals surface area contributed by atoms with E-state index in [4.69, 9.17) is 23.8 Å². The molecule has 8 nitrogen and oxygen atoms in total. The number of amides is 1. The molecule has 4 aromatic rings. The van der Waals surface area contributed by atoms with Crippen molar-refractivity contribution < 1.29 is 14.3 Å². The fourth-order valence-electron chi connectivity index (χ4n) is 3.40. The molecule has 10 heteroatoms. The van der Waals surface area contributed by atoms with E-state index in [1.54, 1.807) is 36.4 Å². The maximum absolute atomic E-state index is 12.7. The quantitative estimate of drug-likeness (QED) is 0.255. The molecule has 0 bridgehead atoms. The second-order valence-electron chi connectivity index (χ2n) is 7.50. The summed E-state index contributed by atoms with van der Waals surface area (Å²) >= 11 is 11.6. The van der Waals surface area contributed by atoms with Crippen molar-refractivity contribution >= 4 is 47.1 Å². The molecule has 0 atom stereocenters. The number of hydrogen-bond acceptors (Lipinski definition) is 6. The lowest BCUT2D eigenvalue weighted by molar-refractivity contribution is -0.116. The predicted molar refractivity (Wildman–Crippen MR) is 138 cm³/mol. The first-order valence-corrected chi connectivity index (χ1v) is 11.4. The molecule has 1 heterocycles. The van der Waals surface area contributed by atoms with Gasteiger partial charge < -0.3 is 15.4 Å². The zero-order valence-electron chi connectivity index (χ0n) is 18.8. The van der Waals surface area contributed by atoms with E-state index in [1.165, 1.54) is 11.8 Å². The van der Waals surface area contributed by atoms with E-state index in [2.05, 4.69) is 20.5 Å². The molecule has 3 aromatic carbocycles. The number of nitrogens with zero attached hydrogens (tertiary/aromatic N) is 3. The van der Waals surface area contributed by atoms with Gasteiger partial charge >= 0.3 is 5.97 Å². The molecule has 0 aliphatic carbocycles. The molecule has 1 aromatic heterocycles. The third-order valence-corrected chi connectivity index (χ3v) is 5.74. The van der Waals surface area contributed by atoms with Gasteiger partial charge in [0.15, 0.2) is 5.82 Å². The highest BCUT2D eigenvalue weighted by Gasteiger charge is 2.15. The molecule has 178 valence electrons. The van der Waals surface area contributed by atoms with Crippen molar-refractivity contribution in [3.05, 3.63) is 100 Å². The number of rotatable bonds is 8. The minimum Gasteiger partial charge on any atom is -0.465 e. The average Bonchev–Trinajstić information content (AvgIpc) is 3.18. The maximum Gasteiger partial charge on any atom is 0.337 e. The molecule has 0 aliphatic rings. The van der Waals surface area contributed by atoms with Gasteiger partial charge in [0.2, 0.25) is 10.7 Å². The van der Waals surface area contributed by atoms with Crippen molar-refractivity contribution in [1.82, 2.24) is 14.3 Å². The van der Waals surface area contributed by atoms with E-state index < -0.39 is 5.97 Å². The Kier molecular flexibility index (Phi) is 7.59. The van der Waals surface area contributed by atoms with Crippen molar-refractivity contribution in [2.75, 3.05) is 17.7 Å². The molecule has 0 saturated heterocycles. The fourth-order valence-corrected chi connectivity index (χ4v) is 3.84. The number of carbonyl (C=O) groups is 2. The normalized spacial score (nSPS) is 10.6. The van der Waals surface area contributed by atoms with E-state index in [0.717, 1.165) is 11.4 Å². The highest BCUT2D eigenvalue weighted by atomic mass is 35.5. The van der Waals surface area contributed by atoms with Crippen molar-refractivity contribution in [3.8, 4) is 5.69 Å². The van der Waals surface area contributed by atoms with Crippen LogP contribution in [0.5, 0.6) is 0 Å². The summed E-state index contributed by atoms with van der Waals surface area (Å²) < 4.78 is 8.39. The molecule has 0 aliphatic heterocycles. The van der Waals surface area contributed by atoms with Crippen LogP contribution in [0.3, 0.4) is 0 Å². The van der Waals surface area contributed by atoms with Gasteiger partial charge in [-0.2, -0.15) is 5.10 Å². The van der Waals surface area contributed by atoms with Crippen LogP contribution in [-0.2, 0) is 22.6 Å². The number of aromatic nitrogens is 3. The van der Waals surface area contributed by atoms with Crippen molar-refractivity contribution in [3.63, 3.8) is 0 Å². The number of methoxy groups -OCH3 is 1. The summed E-state index contributed by atoms with van der Waals surface area (Å²) in [5.74, 6) is -0.103. The molecule has 0 fully saturated rings. The second kappa shape index (κ2) is 11.0. The summed E-state index contributed by atoms with van der Waals surface area (Å²) in [6, 6.07) is 23.4. The Labute approximate surface area is 212 Å². The number of hydrogen-bond donors (Lipinski definition) is 2. The topological polar surface area (TPSA) is 90.2 Å². The van der Waals surface area contributed by atoms with Gasteiger partial charge in [0.25, 0.3) is 0 Å². The van der Waals surface area contributed by atoms with Gasteiger partial charge in [0, 0.05) is 22.1 Å². The number of halogens is 1. The van der Waals surface area contributed by atoms with Crippen LogP contribution in [0.25, 0.3) is 5.69 Å². The summed E-state index contributed by atoms with van der Waals surface area (Å²) in [5.41, 5.74) is 2.66. The van der Waals surface area contributed by atoms with Crippen LogP contribution in [0, 0.1) is 4.77 Å². The lowest BCUT2D eigenvalue weighted by Gasteiger charge is -2.09. The van der Waals surface area contributed by atoms with Crippen LogP contribution >= 0.6 is 23.8 Å². The van der Waals surface area contributed by atoms with Crippen LogP contribution in [0.1, 0.15) is 16.2 Å². The van der Waals surface area contributed by atoms with E-state index in [-0.39, 0.29) is 12.5 Å². The second-order valence-corrected chi connectivity index (χ2v) is 8.31. The average molecular weight is 508 g/mol. The first-order chi connectivity index (χ1) is 16.9. The Morgan fingerprint density at radius 2 is 1.63 bits per heavy atom. The van der Waals surface area contributed by atoms with Crippen LogP contribution in [-0.4, -0.2) is 33.3 Å². The molecular formula is C25H22ClN5O3S. The van der Waals surface area contributed by atoms with Gasteiger partial charge in [-0.05, 0) is 72.9 Å². The molecule has 0 unspecified atom stereocenters. The number of ether oxygens (including phenoxy) is 1. The number of anilines is 2. The van der Waals surface area contributed by atoms with E-state index in [0.29, 0.717) is 33.4 Å². The van der Waals surface area contributed by atoms with Gasteiger partial charge in [-0.1, -0.05) is 29.8 Å². The van der Waals surface area contributed by atoms with E-state index >= 15 is 0 Å². The summed E-state index contributed by atoms with van der Waals surface area (Å²) in [7, 11) is 1.31. The Morgan fingerprint density at radius 3 is 2.29 bits per heavy atom. The highest BCUT2D eigenvalue weighted by molar-refractivity contribution is 7.71. The van der Waals surface area contributed by atoms with Gasteiger partial charge in [-0.3, -0.25) is 9.36 Å². The molecule has 0 saturated carbocycles. The van der Waals surface area contributed by atoms with Crippen LogP contribution in [0.2, 0.25) is 5.02 Å². The first kappa shape index (κ1) is 24.2. The molecule has 2 N–H and O–H groups in total. The smallest absolute Gasteiger partial charge is 0.337 e. The lowest BCUT2D eigenvalue weighted by atomic mass is 10.2. The van der Waals surface area contributed by atoms with E-state index in [9.17, 15) is 9.59 Å². The van der Waals surface area contributed by atoms with Gasteiger partial charge in [0.05, 0.1) is 19.2 Å². The Hall–Kier alpha value is -3.95. The Morgan fingerprint density at radius 1 is 0.971 bits per heavy atom. The number of para-hydroxylation sites is 1. The van der Waals surface area contributed by atoms with Crippen LogP contribution < -0.4 is 10.6 Å². The SMILES string of the molecule is COC(=O)c1ccc(NC(=O)Cn2nc(CNc3ccc(Cl)cc3)n(-c3ccccc3)c2=S)cc1. The molecule has 35 heavy (non-hydrogen) atoms. The fraction of sp³-hybridized carbons (Fsp3) is 0.120. The highest BCUT2D eigenvalue weighted by Crippen LogP contribution is 2.17. The standard InChI is InChI=1S/C25H22ClN5O3S/c1-34-24(33)17-7-11-20(12-8-17)28-23(32)16-30-25(35)31(21-5-3-2-4-6-21)22(29-30)15-27-19-13-9-18(26)10-14-19/h2-14,27H,15-16H2,1H3,(H,28,32). The molecule has 0 spiro atoms. The summed E-state index contributed by atoms with van der Waals surface area (Å²) in [4.78, 5) is 24.3. The largest absolute Gasteiger partial charge is 0.465 e. The number of nitrogens with one attached hydrogen (secondary N) is 2. The van der Waals surface area contributed by atoms with E-state index in [1.807, 2.05) is 47.0 Å². The Balaban J connectivity index is 1.54. The summed E-state index contributed by atoms with van der Waals surface area (Å²) in [6.45, 7) is 0.301. The predicted octanol–water partition coefficient (Wildman–Crippen LogP) is 5.09. The molecule has 1 amide bonds. The maximum atomic E-state index is 12.7. The minimum absolute atomic E-state index is 0.0780. The third kappa shape index (κ3) is 5.95. The third-order valence-electron chi connectivity index (χ3n) is 5.10. The number of esters is 1. The summed E-state index contributed by atoms with van der Waals surface area (Å²) in [6.07, 6.45) is 0. The monoisotopic (exact) mass is 507 g/mol. The summed E-state index contributed by atoms with van der Waals surface area (Å²) in [5, 5.41) is 11.4. The first-order valence-electron chi connectivity index (χ1n) is 10.7. The number of benzene rings is 3. The van der Waals surface area contributed by atoms with Gasteiger partial charge in [0.1, 0.15) is 6.54 Å². The zero-order valence-corrected chi connectivity index (χ0v) is 20.3. The van der Waals surface area contributed by atoms with Gasteiger partial charge in [-0.25, -0.2) is 9.48 Å². The van der Waals surface area contributed by atoms with Crippen molar-refractivity contribution in [2.24, 2.45) is 0 Å². The van der Waals surface area contributed by atoms with Crippen LogP contribution in [0.15, 0.2) is 78.9 Å². The molecule has 4 rings (SSSR count). The minimum atomic E-state index is -0.444. The Bertz CT molecular complexity index is 1380. The van der Waals surface area contributed by atoms with Crippen molar-refractivity contribution in [1.29, 1.82) is 0 Å². The van der Waals surface area contributed by atoms with Crippen LogP contribution in [0.4, 0.5) is 11.4 Å². The lowest BCUT2D eigenvalue weighted by Crippen LogP contribution is -2.20. The number of carbonyl (C=O) groups excluding carboxylic acids is 2. The van der Waals surface area contributed by atoms with Crippen molar-refractivity contribution in [2.45, 2.75) is 13.1 Å².